The van der Waals surface area contributed by atoms with Gasteiger partial charge in [-0.2, -0.15) is 0 Å². The van der Waals surface area contributed by atoms with Gasteiger partial charge in [0.1, 0.15) is 11.5 Å². The molecule has 3 aromatic rings. The van der Waals surface area contributed by atoms with E-state index in [9.17, 15) is 9.18 Å². The first-order valence-electron chi connectivity index (χ1n) is 8.13. The molecule has 5 heteroatoms. The maximum Gasteiger partial charge on any atom is 0.268 e. The minimum absolute atomic E-state index is 0.128. The molecule has 128 valence electrons. The van der Waals surface area contributed by atoms with E-state index in [2.05, 4.69) is 10.3 Å². The Kier molecular flexibility index (Phi) is 4.93. The fourth-order valence-electron chi connectivity index (χ4n) is 2.90. The second-order valence-corrected chi connectivity index (χ2v) is 6.07. The van der Waals surface area contributed by atoms with Crippen molar-refractivity contribution < 1.29 is 9.18 Å². The van der Waals surface area contributed by atoms with Crippen LogP contribution in [0.2, 0.25) is 0 Å². The van der Waals surface area contributed by atoms with Gasteiger partial charge in [-0.25, -0.2) is 4.39 Å². The lowest BCUT2D eigenvalue weighted by molar-refractivity contribution is 0.0941. The lowest BCUT2D eigenvalue weighted by atomic mass is 10.2. The summed E-state index contributed by atoms with van der Waals surface area (Å²) in [5.74, 6) is -0.393. The number of hydrogen-bond acceptors (Lipinski definition) is 2. The summed E-state index contributed by atoms with van der Waals surface area (Å²) in [6, 6.07) is 12.1. The van der Waals surface area contributed by atoms with Gasteiger partial charge in [0.25, 0.3) is 5.91 Å². The molecule has 1 amide bonds. The van der Waals surface area contributed by atoms with Crippen molar-refractivity contribution in [2.24, 2.45) is 0 Å². The lowest BCUT2D eigenvalue weighted by Gasteiger charge is -2.13. The van der Waals surface area contributed by atoms with Crippen LogP contribution >= 0.6 is 0 Å². The molecule has 1 N–H and O–H groups in total. The van der Waals surface area contributed by atoms with Crippen molar-refractivity contribution in [2.75, 3.05) is 0 Å². The Labute approximate surface area is 146 Å². The predicted octanol–water partition coefficient (Wildman–Crippen LogP) is 3.62. The van der Waals surface area contributed by atoms with E-state index in [1.54, 1.807) is 24.5 Å². The molecule has 0 aliphatic carbocycles. The molecule has 4 nitrogen and oxygen atoms in total. The summed E-state index contributed by atoms with van der Waals surface area (Å²) in [5.41, 5.74) is 4.44. The summed E-state index contributed by atoms with van der Waals surface area (Å²) >= 11 is 0. The number of carbonyl (C=O) groups is 1. The van der Waals surface area contributed by atoms with Gasteiger partial charge in [-0.3, -0.25) is 9.78 Å². The van der Waals surface area contributed by atoms with Crippen LogP contribution in [0.3, 0.4) is 0 Å². The second-order valence-electron chi connectivity index (χ2n) is 6.07. The number of halogens is 1. The molecule has 0 unspecified atom stereocenters. The molecule has 1 aromatic carbocycles. The van der Waals surface area contributed by atoms with Crippen LogP contribution in [0.5, 0.6) is 0 Å². The average Bonchev–Trinajstić information content (AvgIpc) is 2.89. The van der Waals surface area contributed by atoms with Gasteiger partial charge in [0.05, 0.1) is 0 Å². The third-order valence-electron chi connectivity index (χ3n) is 4.14. The van der Waals surface area contributed by atoms with Crippen LogP contribution in [0.4, 0.5) is 4.39 Å². The first-order chi connectivity index (χ1) is 12.0. The quantitative estimate of drug-likeness (QED) is 0.773. The lowest BCUT2D eigenvalue weighted by Crippen LogP contribution is -2.26. The van der Waals surface area contributed by atoms with Crippen molar-refractivity contribution in [1.29, 1.82) is 0 Å². The highest BCUT2D eigenvalue weighted by atomic mass is 19.1. The number of amides is 1. The highest BCUT2D eigenvalue weighted by Gasteiger charge is 2.17. The number of aryl methyl sites for hydroxylation is 2. The number of nitrogens with zero attached hydrogens (tertiary/aromatic N) is 2. The summed E-state index contributed by atoms with van der Waals surface area (Å²) in [6.45, 7) is 4.84. The number of hydrogen-bond donors (Lipinski definition) is 1. The van der Waals surface area contributed by atoms with Crippen molar-refractivity contribution >= 4 is 5.91 Å². The minimum atomic E-state index is -0.265. The van der Waals surface area contributed by atoms with Gasteiger partial charge in [-0.05, 0) is 54.8 Å². The maximum absolute atomic E-state index is 13.1. The molecule has 3 rings (SSSR count). The molecule has 0 aliphatic heterocycles. The topological polar surface area (TPSA) is 46.9 Å². The van der Waals surface area contributed by atoms with Gasteiger partial charge in [-0.15, -0.1) is 0 Å². The highest BCUT2D eigenvalue weighted by molar-refractivity contribution is 5.94. The van der Waals surface area contributed by atoms with Gasteiger partial charge in [0.2, 0.25) is 0 Å². The standard InChI is InChI=1S/C20H20FN3O/c1-14-10-15(2)24(13-16-5-7-18(21)8-6-16)19(14)20(25)23-12-17-4-3-9-22-11-17/h3-11H,12-13H2,1-2H3,(H,23,25). The Morgan fingerprint density at radius 2 is 1.92 bits per heavy atom. The third kappa shape index (κ3) is 3.94. The second kappa shape index (κ2) is 7.30. The summed E-state index contributed by atoms with van der Waals surface area (Å²) in [7, 11) is 0. The van der Waals surface area contributed by atoms with E-state index in [0.717, 1.165) is 22.4 Å². The number of nitrogens with one attached hydrogen (secondary N) is 1. The van der Waals surface area contributed by atoms with E-state index in [1.807, 2.05) is 36.6 Å². The number of rotatable bonds is 5. The smallest absolute Gasteiger partial charge is 0.268 e. The van der Waals surface area contributed by atoms with E-state index in [0.29, 0.717) is 18.8 Å². The highest BCUT2D eigenvalue weighted by Crippen LogP contribution is 2.18. The van der Waals surface area contributed by atoms with E-state index in [4.69, 9.17) is 0 Å². The van der Waals surface area contributed by atoms with Crippen molar-refractivity contribution in [3.8, 4) is 0 Å². The van der Waals surface area contributed by atoms with Crippen LogP contribution in [-0.4, -0.2) is 15.5 Å². The maximum atomic E-state index is 13.1. The van der Waals surface area contributed by atoms with Crippen LogP contribution in [0.1, 0.15) is 32.9 Å². The largest absolute Gasteiger partial charge is 0.347 e. The Bertz CT molecular complexity index is 870. The summed E-state index contributed by atoms with van der Waals surface area (Å²) < 4.78 is 15.1. The SMILES string of the molecule is Cc1cc(C)n(Cc2ccc(F)cc2)c1C(=O)NCc1cccnc1. The molecule has 0 fully saturated rings. The number of pyridine rings is 1. The average molecular weight is 337 g/mol. The van der Waals surface area contributed by atoms with Crippen LogP contribution in [0.25, 0.3) is 0 Å². The predicted molar refractivity (Wildman–Crippen MR) is 94.8 cm³/mol. The fourth-order valence-corrected chi connectivity index (χ4v) is 2.90. The molecule has 0 aliphatic rings. The number of carbonyl (C=O) groups excluding carboxylic acids is 1. The minimum Gasteiger partial charge on any atom is -0.347 e. The van der Waals surface area contributed by atoms with Crippen molar-refractivity contribution in [2.45, 2.75) is 26.9 Å². The molecule has 0 saturated carbocycles. The summed E-state index contributed by atoms with van der Waals surface area (Å²) in [4.78, 5) is 16.8. The molecule has 2 aromatic heterocycles. The van der Waals surface area contributed by atoms with Crippen LogP contribution < -0.4 is 5.32 Å². The molecule has 0 radical (unpaired) electrons. The zero-order valence-electron chi connectivity index (χ0n) is 14.3. The normalized spacial score (nSPS) is 10.7. The van der Waals surface area contributed by atoms with E-state index < -0.39 is 0 Å². The molecule has 0 spiro atoms. The van der Waals surface area contributed by atoms with E-state index >= 15 is 0 Å². The molecular weight excluding hydrogens is 317 g/mol. The van der Waals surface area contributed by atoms with Crippen LogP contribution in [0.15, 0.2) is 54.9 Å². The van der Waals surface area contributed by atoms with Crippen molar-refractivity contribution in [3.63, 3.8) is 0 Å². The van der Waals surface area contributed by atoms with Crippen molar-refractivity contribution in [3.05, 3.63) is 88.8 Å². The molecule has 0 bridgehead atoms. The van der Waals surface area contributed by atoms with Crippen LogP contribution in [0, 0.1) is 19.7 Å². The van der Waals surface area contributed by atoms with E-state index in [-0.39, 0.29) is 11.7 Å². The molecule has 0 atom stereocenters. The molecule has 0 saturated heterocycles. The molecule has 2 heterocycles. The van der Waals surface area contributed by atoms with Crippen LogP contribution in [-0.2, 0) is 13.1 Å². The number of aromatic nitrogens is 2. The monoisotopic (exact) mass is 337 g/mol. The Morgan fingerprint density at radius 1 is 1.16 bits per heavy atom. The molecular formula is C20H20FN3O. The molecule has 25 heavy (non-hydrogen) atoms. The van der Waals surface area contributed by atoms with E-state index in [1.165, 1.54) is 12.1 Å². The zero-order chi connectivity index (χ0) is 17.8. The first-order valence-corrected chi connectivity index (χ1v) is 8.13. The Balaban J connectivity index is 1.80. The van der Waals surface area contributed by atoms with Gasteiger partial charge < -0.3 is 9.88 Å². The third-order valence-corrected chi connectivity index (χ3v) is 4.14. The first kappa shape index (κ1) is 16.9. The fraction of sp³-hybridized carbons (Fsp3) is 0.200. The Morgan fingerprint density at radius 3 is 2.60 bits per heavy atom. The van der Waals surface area contributed by atoms with Crippen molar-refractivity contribution in [1.82, 2.24) is 14.9 Å². The van der Waals surface area contributed by atoms with Gasteiger partial charge in [0, 0.05) is 31.2 Å². The summed E-state index contributed by atoms with van der Waals surface area (Å²) in [5, 5.41) is 2.94. The summed E-state index contributed by atoms with van der Waals surface area (Å²) in [6.07, 6.45) is 3.43. The van der Waals surface area contributed by atoms with Gasteiger partial charge >= 0.3 is 0 Å². The Hall–Kier alpha value is -2.95. The zero-order valence-corrected chi connectivity index (χ0v) is 14.3. The van der Waals surface area contributed by atoms with Gasteiger partial charge in [0.15, 0.2) is 0 Å². The van der Waals surface area contributed by atoms with Gasteiger partial charge in [-0.1, -0.05) is 18.2 Å². The number of benzene rings is 1.